The Hall–Kier alpha value is -3.16. The molecule has 2 aromatic carbocycles. The van der Waals surface area contributed by atoms with Crippen molar-refractivity contribution in [1.82, 2.24) is 25.1 Å². The lowest BCUT2D eigenvalue weighted by molar-refractivity contribution is 0.323. The summed E-state index contributed by atoms with van der Waals surface area (Å²) in [5, 5.41) is 13.9. The number of nitrogens with one attached hydrogen (secondary N) is 2. The number of aromatic nitrogens is 4. The van der Waals surface area contributed by atoms with Crippen LogP contribution in [0.25, 0.3) is 16.6 Å². The van der Waals surface area contributed by atoms with E-state index in [9.17, 15) is 0 Å². The van der Waals surface area contributed by atoms with Crippen LogP contribution >= 0.6 is 11.6 Å². The smallest absolute Gasteiger partial charge is 0.225 e. The molecule has 1 aliphatic carbocycles. The van der Waals surface area contributed by atoms with Gasteiger partial charge in [0.2, 0.25) is 5.95 Å². The number of anilines is 2. The van der Waals surface area contributed by atoms with Gasteiger partial charge in [0, 0.05) is 48.3 Å². The fourth-order valence-corrected chi connectivity index (χ4v) is 5.56. The van der Waals surface area contributed by atoms with Gasteiger partial charge in [-0.2, -0.15) is 10.1 Å². The molecular weight excluding hydrogens is 494 g/mol. The van der Waals surface area contributed by atoms with E-state index in [1.807, 2.05) is 56.7 Å². The minimum absolute atomic E-state index is 0.413. The van der Waals surface area contributed by atoms with Crippen molar-refractivity contribution in [2.24, 2.45) is 5.92 Å². The summed E-state index contributed by atoms with van der Waals surface area (Å²) in [7, 11) is 4.06. The van der Waals surface area contributed by atoms with Gasteiger partial charge < -0.3 is 15.5 Å². The number of hydrogen-bond donors (Lipinski definition) is 2. The minimum Gasteiger partial charge on any atom is -0.362 e. The molecule has 0 unspecified atom stereocenters. The average molecular weight is 532 g/mol. The highest BCUT2D eigenvalue weighted by atomic mass is 35.5. The molecule has 5 rings (SSSR count). The number of rotatable bonds is 10. The minimum atomic E-state index is 0.413. The topological polar surface area (TPSA) is 70.9 Å². The van der Waals surface area contributed by atoms with E-state index < -0.39 is 0 Å². The molecule has 8 heteroatoms. The van der Waals surface area contributed by atoms with Crippen molar-refractivity contribution in [2.75, 3.05) is 30.9 Å². The summed E-state index contributed by atoms with van der Waals surface area (Å²) in [5.74, 6) is 2.37. The van der Waals surface area contributed by atoms with Crippen LogP contribution in [0.2, 0.25) is 5.02 Å². The highest BCUT2D eigenvalue weighted by Gasteiger charge is 2.22. The summed E-state index contributed by atoms with van der Waals surface area (Å²) >= 11 is 6.08. The van der Waals surface area contributed by atoms with E-state index in [1.54, 1.807) is 0 Å². The summed E-state index contributed by atoms with van der Waals surface area (Å²) in [4.78, 5) is 11.7. The van der Waals surface area contributed by atoms with Crippen molar-refractivity contribution in [2.45, 2.75) is 58.0 Å². The van der Waals surface area contributed by atoms with Crippen LogP contribution < -0.4 is 15.5 Å². The van der Waals surface area contributed by atoms with Crippen LogP contribution in [0.5, 0.6) is 0 Å². The average Bonchev–Trinajstić information content (AvgIpc) is 3.32. The Labute approximate surface area is 230 Å². The van der Waals surface area contributed by atoms with E-state index in [0.29, 0.717) is 12.0 Å². The summed E-state index contributed by atoms with van der Waals surface area (Å²) in [6.45, 7) is 4.09. The van der Waals surface area contributed by atoms with Crippen molar-refractivity contribution in [3.05, 3.63) is 71.0 Å². The molecule has 4 aromatic rings. The Kier molecular flexibility index (Phi) is 8.45. The number of hydrogen-bond acceptors (Lipinski definition) is 6. The zero-order valence-corrected chi connectivity index (χ0v) is 23.4. The lowest BCUT2D eigenvalue weighted by atomic mass is 9.86. The van der Waals surface area contributed by atoms with E-state index in [0.717, 1.165) is 72.2 Å². The molecule has 2 heterocycles. The predicted octanol–water partition coefficient (Wildman–Crippen LogP) is 6.25. The molecule has 1 aliphatic rings. The zero-order valence-electron chi connectivity index (χ0n) is 22.6. The van der Waals surface area contributed by atoms with Gasteiger partial charge in [0.25, 0.3) is 0 Å². The van der Waals surface area contributed by atoms with Gasteiger partial charge in [0.1, 0.15) is 5.82 Å². The maximum Gasteiger partial charge on any atom is 0.225 e. The van der Waals surface area contributed by atoms with Crippen LogP contribution in [-0.2, 0) is 13.0 Å². The predicted molar refractivity (Wildman–Crippen MR) is 158 cm³/mol. The van der Waals surface area contributed by atoms with Crippen molar-refractivity contribution < 1.29 is 0 Å². The number of benzene rings is 2. The third-order valence-electron chi connectivity index (χ3n) is 7.45. The first-order valence-corrected chi connectivity index (χ1v) is 14.1. The first kappa shape index (κ1) is 26.4. The second-order valence-corrected chi connectivity index (χ2v) is 11.0. The molecular formula is C30H38ClN7. The summed E-state index contributed by atoms with van der Waals surface area (Å²) in [6, 6.07) is 16.5. The second-order valence-electron chi connectivity index (χ2n) is 10.5. The molecule has 0 aliphatic heterocycles. The molecule has 0 spiro atoms. The van der Waals surface area contributed by atoms with Gasteiger partial charge in [0.05, 0.1) is 17.4 Å². The molecule has 1 fully saturated rings. The van der Waals surface area contributed by atoms with Crippen LogP contribution in [0.15, 0.2) is 54.7 Å². The van der Waals surface area contributed by atoms with Crippen molar-refractivity contribution >= 4 is 34.3 Å². The molecule has 200 valence electrons. The van der Waals surface area contributed by atoms with Crippen molar-refractivity contribution in [1.29, 1.82) is 0 Å². The van der Waals surface area contributed by atoms with Gasteiger partial charge in [-0.25, -0.2) is 9.67 Å². The standard InChI is InChI=1S/C30H38ClN7/c1-4-7-28-22(20-33-38(28)25-16-12-23(31)13-17-25)19-32-18-21-10-14-24(15-11-21)34-30-35-27-9-6-5-8-26(27)29(36-30)37(2)3/h5-6,8-9,12-13,16-17,20-21,24,32H,4,7,10-11,14-15,18-19H2,1-3H3,(H,34,35,36). The van der Waals surface area contributed by atoms with Gasteiger partial charge >= 0.3 is 0 Å². The summed E-state index contributed by atoms with van der Waals surface area (Å²) in [5.41, 5.74) is 4.60. The maximum atomic E-state index is 6.08. The highest BCUT2D eigenvalue weighted by Crippen LogP contribution is 2.28. The molecule has 0 amide bonds. The fourth-order valence-electron chi connectivity index (χ4n) is 5.43. The van der Waals surface area contributed by atoms with Gasteiger partial charge in [-0.3, -0.25) is 0 Å². The van der Waals surface area contributed by atoms with Crippen LogP contribution in [0, 0.1) is 5.92 Å². The molecule has 0 radical (unpaired) electrons. The largest absolute Gasteiger partial charge is 0.362 e. The van der Waals surface area contributed by atoms with E-state index in [2.05, 4.69) is 39.3 Å². The maximum absolute atomic E-state index is 6.08. The van der Waals surface area contributed by atoms with E-state index in [-0.39, 0.29) is 0 Å². The first-order chi connectivity index (χ1) is 18.5. The fraction of sp³-hybridized carbons (Fsp3) is 0.433. The zero-order chi connectivity index (χ0) is 26.5. The monoisotopic (exact) mass is 531 g/mol. The molecule has 1 saturated carbocycles. The van der Waals surface area contributed by atoms with Crippen molar-refractivity contribution in [3.8, 4) is 5.69 Å². The molecule has 0 saturated heterocycles. The third kappa shape index (κ3) is 6.11. The van der Waals surface area contributed by atoms with E-state index in [4.69, 9.17) is 26.7 Å². The third-order valence-corrected chi connectivity index (χ3v) is 7.70. The Balaban J connectivity index is 1.14. The first-order valence-electron chi connectivity index (χ1n) is 13.7. The van der Waals surface area contributed by atoms with E-state index in [1.165, 1.54) is 24.1 Å². The Morgan fingerprint density at radius 3 is 2.50 bits per heavy atom. The van der Waals surface area contributed by atoms with Gasteiger partial charge in [-0.05, 0) is 81.0 Å². The van der Waals surface area contributed by atoms with Gasteiger partial charge in [-0.15, -0.1) is 0 Å². The molecule has 7 nitrogen and oxygen atoms in total. The number of para-hydroxylation sites is 1. The lowest BCUT2D eigenvalue weighted by Gasteiger charge is -2.29. The second kappa shape index (κ2) is 12.1. The summed E-state index contributed by atoms with van der Waals surface area (Å²) < 4.78 is 2.06. The van der Waals surface area contributed by atoms with Crippen LogP contribution in [0.4, 0.5) is 11.8 Å². The lowest BCUT2D eigenvalue weighted by Crippen LogP contribution is -2.31. The molecule has 2 aromatic heterocycles. The molecule has 0 bridgehead atoms. The normalized spacial score (nSPS) is 17.6. The van der Waals surface area contributed by atoms with Crippen LogP contribution in [-0.4, -0.2) is 46.4 Å². The van der Waals surface area contributed by atoms with E-state index >= 15 is 0 Å². The van der Waals surface area contributed by atoms with Gasteiger partial charge in [0.15, 0.2) is 0 Å². The van der Waals surface area contributed by atoms with Gasteiger partial charge in [-0.1, -0.05) is 37.1 Å². The highest BCUT2D eigenvalue weighted by molar-refractivity contribution is 6.30. The molecule has 38 heavy (non-hydrogen) atoms. The van der Waals surface area contributed by atoms with Crippen LogP contribution in [0.3, 0.4) is 0 Å². The summed E-state index contributed by atoms with van der Waals surface area (Å²) in [6.07, 6.45) is 8.77. The van der Waals surface area contributed by atoms with Crippen LogP contribution in [0.1, 0.15) is 50.3 Å². The number of fused-ring (bicyclic) bond motifs is 1. The Bertz CT molecular complexity index is 1340. The SMILES string of the molecule is CCCc1c(CNCC2CCC(Nc3nc(N(C)C)c4ccccc4n3)CC2)cnn1-c1ccc(Cl)cc1. The molecule has 2 N–H and O–H groups in total. The number of halogens is 1. The van der Waals surface area contributed by atoms with Crippen molar-refractivity contribution in [3.63, 3.8) is 0 Å². The Morgan fingerprint density at radius 1 is 1.00 bits per heavy atom. The Morgan fingerprint density at radius 2 is 1.76 bits per heavy atom. The molecule has 0 atom stereocenters. The number of nitrogens with zero attached hydrogens (tertiary/aromatic N) is 5. The quantitative estimate of drug-likeness (QED) is 0.252.